The SMILES string of the molecule is Nc1ccc(OC(=O)C2CCC(O)CC2)cc1N. The van der Waals surface area contributed by atoms with Crippen molar-refractivity contribution < 1.29 is 14.6 Å². The summed E-state index contributed by atoms with van der Waals surface area (Å²) in [5.74, 6) is 0.0241. The second-order valence-electron chi connectivity index (χ2n) is 4.72. The molecule has 0 bridgehead atoms. The monoisotopic (exact) mass is 250 g/mol. The van der Waals surface area contributed by atoms with Crippen molar-refractivity contribution >= 4 is 17.3 Å². The average Bonchev–Trinajstić information content (AvgIpc) is 2.34. The van der Waals surface area contributed by atoms with Crippen LogP contribution in [0.15, 0.2) is 18.2 Å². The molecule has 0 atom stereocenters. The summed E-state index contributed by atoms with van der Waals surface area (Å²) in [6.45, 7) is 0. The quantitative estimate of drug-likeness (QED) is 0.417. The van der Waals surface area contributed by atoms with Gasteiger partial charge >= 0.3 is 5.97 Å². The number of ether oxygens (including phenoxy) is 1. The van der Waals surface area contributed by atoms with Crippen molar-refractivity contribution in [2.75, 3.05) is 11.5 Å². The van der Waals surface area contributed by atoms with Gasteiger partial charge in [0, 0.05) is 6.07 Å². The molecule has 0 radical (unpaired) electrons. The Hall–Kier alpha value is -1.75. The second-order valence-corrected chi connectivity index (χ2v) is 4.72. The van der Waals surface area contributed by atoms with Crippen LogP contribution in [0.25, 0.3) is 0 Å². The molecular formula is C13H18N2O3. The Morgan fingerprint density at radius 1 is 1.17 bits per heavy atom. The van der Waals surface area contributed by atoms with E-state index in [2.05, 4.69) is 0 Å². The van der Waals surface area contributed by atoms with Gasteiger partial charge < -0.3 is 21.3 Å². The number of hydrogen-bond donors (Lipinski definition) is 3. The van der Waals surface area contributed by atoms with E-state index in [-0.39, 0.29) is 18.0 Å². The molecule has 0 amide bonds. The van der Waals surface area contributed by atoms with E-state index in [1.807, 2.05) is 0 Å². The Balaban J connectivity index is 1.96. The van der Waals surface area contributed by atoms with Crippen LogP contribution < -0.4 is 16.2 Å². The van der Waals surface area contributed by atoms with Crippen LogP contribution in [0.2, 0.25) is 0 Å². The van der Waals surface area contributed by atoms with Gasteiger partial charge in [0.25, 0.3) is 0 Å². The van der Waals surface area contributed by atoms with Crippen LogP contribution >= 0.6 is 0 Å². The van der Waals surface area contributed by atoms with Crippen LogP contribution in [0.3, 0.4) is 0 Å². The number of nitrogens with two attached hydrogens (primary N) is 2. The molecule has 1 aromatic rings. The fourth-order valence-corrected chi connectivity index (χ4v) is 2.13. The largest absolute Gasteiger partial charge is 0.426 e. The number of aliphatic hydroxyl groups is 1. The molecule has 5 heteroatoms. The fraction of sp³-hybridized carbons (Fsp3) is 0.462. The van der Waals surface area contributed by atoms with Crippen molar-refractivity contribution in [2.45, 2.75) is 31.8 Å². The zero-order chi connectivity index (χ0) is 13.1. The molecule has 1 aromatic carbocycles. The van der Waals surface area contributed by atoms with Gasteiger partial charge in [-0.15, -0.1) is 0 Å². The fourth-order valence-electron chi connectivity index (χ4n) is 2.13. The summed E-state index contributed by atoms with van der Waals surface area (Å²) in [6, 6.07) is 4.79. The summed E-state index contributed by atoms with van der Waals surface area (Å²) >= 11 is 0. The van der Waals surface area contributed by atoms with E-state index in [0.717, 1.165) is 0 Å². The first-order valence-corrected chi connectivity index (χ1v) is 6.11. The van der Waals surface area contributed by atoms with E-state index in [9.17, 15) is 9.90 Å². The molecule has 1 saturated carbocycles. The van der Waals surface area contributed by atoms with Crippen LogP contribution in [0.5, 0.6) is 5.75 Å². The maximum Gasteiger partial charge on any atom is 0.314 e. The number of hydrogen-bond acceptors (Lipinski definition) is 5. The van der Waals surface area contributed by atoms with Gasteiger partial charge in [-0.2, -0.15) is 0 Å². The molecule has 0 aliphatic heterocycles. The van der Waals surface area contributed by atoms with Gasteiger partial charge in [0.1, 0.15) is 5.75 Å². The number of nitrogen functional groups attached to an aromatic ring is 2. The summed E-state index contributed by atoms with van der Waals surface area (Å²) in [5, 5.41) is 9.38. The van der Waals surface area contributed by atoms with Gasteiger partial charge in [0.2, 0.25) is 0 Å². The molecule has 5 N–H and O–H groups in total. The topological polar surface area (TPSA) is 98.6 Å². The highest BCUT2D eigenvalue weighted by Gasteiger charge is 2.26. The molecule has 18 heavy (non-hydrogen) atoms. The van der Waals surface area contributed by atoms with E-state index in [1.54, 1.807) is 18.2 Å². The lowest BCUT2D eigenvalue weighted by atomic mass is 9.87. The first-order chi connectivity index (χ1) is 8.56. The minimum atomic E-state index is -0.277. The maximum absolute atomic E-state index is 11.9. The van der Waals surface area contributed by atoms with Crippen molar-refractivity contribution in [3.05, 3.63) is 18.2 Å². The minimum absolute atomic E-state index is 0.132. The molecule has 0 unspecified atom stereocenters. The van der Waals surface area contributed by atoms with Crippen LogP contribution in [0, 0.1) is 5.92 Å². The van der Waals surface area contributed by atoms with E-state index in [4.69, 9.17) is 16.2 Å². The Kier molecular flexibility index (Phi) is 3.72. The number of benzene rings is 1. The van der Waals surface area contributed by atoms with Gasteiger partial charge in [-0.1, -0.05) is 0 Å². The summed E-state index contributed by atoms with van der Waals surface area (Å²) < 4.78 is 5.27. The van der Waals surface area contributed by atoms with Crippen molar-refractivity contribution in [2.24, 2.45) is 5.92 Å². The standard InChI is InChI=1S/C13H18N2O3/c14-11-6-5-10(7-12(11)15)18-13(17)8-1-3-9(16)4-2-8/h5-9,16H,1-4,14-15H2. The summed E-state index contributed by atoms with van der Waals surface area (Å²) in [7, 11) is 0. The smallest absolute Gasteiger partial charge is 0.314 e. The van der Waals surface area contributed by atoms with Crippen molar-refractivity contribution in [1.82, 2.24) is 0 Å². The highest BCUT2D eigenvalue weighted by molar-refractivity contribution is 5.76. The molecule has 1 aliphatic carbocycles. The van der Waals surface area contributed by atoms with Gasteiger partial charge in [0.15, 0.2) is 0 Å². The molecule has 1 aliphatic rings. The summed E-state index contributed by atoms with van der Waals surface area (Å²) in [4.78, 5) is 11.9. The van der Waals surface area contributed by atoms with Gasteiger partial charge in [-0.05, 0) is 37.8 Å². The predicted molar refractivity (Wildman–Crippen MR) is 68.9 cm³/mol. The number of esters is 1. The Morgan fingerprint density at radius 3 is 2.44 bits per heavy atom. The van der Waals surface area contributed by atoms with Crippen molar-refractivity contribution in [1.29, 1.82) is 0 Å². The first kappa shape index (κ1) is 12.7. The van der Waals surface area contributed by atoms with Crippen LogP contribution in [0.4, 0.5) is 11.4 Å². The van der Waals surface area contributed by atoms with Crippen molar-refractivity contribution in [3.8, 4) is 5.75 Å². The van der Waals surface area contributed by atoms with E-state index in [1.165, 1.54) is 0 Å². The van der Waals surface area contributed by atoms with Crippen LogP contribution in [0.1, 0.15) is 25.7 Å². The molecule has 2 rings (SSSR count). The molecule has 98 valence electrons. The van der Waals surface area contributed by atoms with Gasteiger partial charge in [-0.25, -0.2) is 0 Å². The molecule has 0 spiro atoms. The Morgan fingerprint density at radius 2 is 1.83 bits per heavy atom. The number of anilines is 2. The van der Waals surface area contributed by atoms with E-state index < -0.39 is 0 Å². The number of aliphatic hydroxyl groups excluding tert-OH is 1. The number of rotatable bonds is 2. The second kappa shape index (κ2) is 5.27. The number of carbonyl (C=O) groups is 1. The molecule has 0 saturated heterocycles. The summed E-state index contributed by atoms with van der Waals surface area (Å²) in [5.41, 5.74) is 12.1. The third-order valence-corrected chi connectivity index (χ3v) is 3.31. The Bertz CT molecular complexity index is 440. The lowest BCUT2D eigenvalue weighted by Crippen LogP contribution is -2.27. The van der Waals surface area contributed by atoms with Crippen LogP contribution in [-0.2, 0) is 4.79 Å². The summed E-state index contributed by atoms with van der Waals surface area (Å²) in [6.07, 6.45) is 2.38. The van der Waals surface area contributed by atoms with Crippen LogP contribution in [-0.4, -0.2) is 17.2 Å². The maximum atomic E-state index is 11.9. The van der Waals surface area contributed by atoms with E-state index >= 15 is 0 Å². The Labute approximate surface area is 106 Å². The molecule has 0 aromatic heterocycles. The highest BCUT2D eigenvalue weighted by atomic mass is 16.5. The van der Waals surface area contributed by atoms with Gasteiger partial charge in [-0.3, -0.25) is 4.79 Å². The zero-order valence-electron chi connectivity index (χ0n) is 10.1. The first-order valence-electron chi connectivity index (χ1n) is 6.11. The molecule has 5 nitrogen and oxygen atoms in total. The lowest BCUT2D eigenvalue weighted by Gasteiger charge is -2.23. The normalized spacial score (nSPS) is 23.6. The molecule has 1 fully saturated rings. The number of carbonyl (C=O) groups excluding carboxylic acids is 1. The van der Waals surface area contributed by atoms with E-state index in [0.29, 0.717) is 42.8 Å². The molecular weight excluding hydrogens is 232 g/mol. The molecule has 0 heterocycles. The lowest BCUT2D eigenvalue weighted by molar-refractivity contribution is -0.140. The van der Waals surface area contributed by atoms with Crippen molar-refractivity contribution in [3.63, 3.8) is 0 Å². The zero-order valence-corrected chi connectivity index (χ0v) is 10.1. The third-order valence-electron chi connectivity index (χ3n) is 3.31. The minimum Gasteiger partial charge on any atom is -0.426 e. The predicted octanol–water partition coefficient (Wildman–Crippen LogP) is 1.31. The van der Waals surface area contributed by atoms with Gasteiger partial charge in [0.05, 0.1) is 23.4 Å². The highest BCUT2D eigenvalue weighted by Crippen LogP contribution is 2.27. The average molecular weight is 250 g/mol. The third kappa shape index (κ3) is 2.92.